The molecule has 0 saturated heterocycles. The zero-order valence-electron chi connectivity index (χ0n) is 23.7. The van der Waals surface area contributed by atoms with Crippen molar-refractivity contribution >= 4 is 33.2 Å². The summed E-state index contributed by atoms with van der Waals surface area (Å²) in [6.45, 7) is 1.86. The molecule has 0 aliphatic heterocycles. The fourth-order valence-electron chi connectivity index (χ4n) is 3.98. The van der Waals surface area contributed by atoms with Gasteiger partial charge >= 0.3 is 0 Å². The predicted octanol–water partition coefficient (Wildman–Crippen LogP) is 4.08. The number of nitrogens with zero attached hydrogens (tertiary/aromatic N) is 1. The van der Waals surface area contributed by atoms with Crippen molar-refractivity contribution in [3.8, 4) is 23.0 Å². The van der Waals surface area contributed by atoms with Gasteiger partial charge in [0.2, 0.25) is 5.91 Å². The third-order valence-electron chi connectivity index (χ3n) is 6.15. The van der Waals surface area contributed by atoms with Gasteiger partial charge < -0.3 is 29.6 Å². The lowest BCUT2D eigenvalue weighted by Gasteiger charge is -2.26. The van der Waals surface area contributed by atoms with E-state index in [-0.39, 0.29) is 39.2 Å². The molecule has 0 aliphatic carbocycles. The van der Waals surface area contributed by atoms with Gasteiger partial charge in [0.25, 0.3) is 15.9 Å². The molecular formula is C29H35N3O8S. The van der Waals surface area contributed by atoms with E-state index >= 15 is 0 Å². The van der Waals surface area contributed by atoms with Crippen LogP contribution >= 0.6 is 0 Å². The molecule has 0 fully saturated rings. The first-order chi connectivity index (χ1) is 19.7. The first kappa shape index (κ1) is 31.1. The molecule has 0 aliphatic rings. The van der Waals surface area contributed by atoms with Crippen molar-refractivity contribution < 1.29 is 37.0 Å². The van der Waals surface area contributed by atoms with E-state index in [9.17, 15) is 18.0 Å². The third-order valence-corrected chi connectivity index (χ3v) is 7.90. The van der Waals surface area contributed by atoms with Crippen LogP contribution in [-0.2, 0) is 14.8 Å². The van der Waals surface area contributed by atoms with Crippen LogP contribution in [-0.4, -0.2) is 61.8 Å². The number of benzene rings is 3. The molecule has 2 amide bonds. The number of methoxy groups -OCH3 is 4. The van der Waals surface area contributed by atoms with Crippen molar-refractivity contribution in [1.29, 1.82) is 0 Å². The number of carbonyl (C=O) groups is 2. The lowest BCUT2D eigenvalue weighted by atomic mass is 10.1. The van der Waals surface area contributed by atoms with Crippen LogP contribution in [0.4, 0.5) is 11.4 Å². The van der Waals surface area contributed by atoms with Crippen LogP contribution in [0.2, 0.25) is 0 Å². The van der Waals surface area contributed by atoms with Crippen LogP contribution in [0, 0.1) is 0 Å². The van der Waals surface area contributed by atoms with E-state index in [1.165, 1.54) is 52.7 Å². The van der Waals surface area contributed by atoms with Gasteiger partial charge in [-0.15, -0.1) is 0 Å². The summed E-state index contributed by atoms with van der Waals surface area (Å²) in [6.07, 6.45) is 1.72. The molecule has 0 bridgehead atoms. The predicted molar refractivity (Wildman–Crippen MR) is 156 cm³/mol. The van der Waals surface area contributed by atoms with Gasteiger partial charge in [-0.1, -0.05) is 25.5 Å². The highest BCUT2D eigenvalue weighted by Gasteiger charge is 2.31. The van der Waals surface area contributed by atoms with Crippen molar-refractivity contribution in [2.75, 3.05) is 51.2 Å². The normalized spacial score (nSPS) is 10.9. The standard InChI is InChI=1S/C29H35N3O8S/c1-6-7-16-30-29(34)22-10-8-9-11-23(22)31-28(33)19-32(24-17-20(37-2)12-14-25(24)38-3)41(35,36)21-13-15-26(39-4)27(18-21)40-5/h8-15,17-18H,6-7,16,19H2,1-5H3,(H,30,34)(H,31,33). The second-order valence-electron chi connectivity index (χ2n) is 8.77. The summed E-state index contributed by atoms with van der Waals surface area (Å²) >= 11 is 0. The van der Waals surface area contributed by atoms with Crippen LogP contribution in [0.5, 0.6) is 23.0 Å². The number of para-hydroxylation sites is 1. The van der Waals surface area contributed by atoms with E-state index in [4.69, 9.17) is 18.9 Å². The van der Waals surface area contributed by atoms with Gasteiger partial charge in [0, 0.05) is 18.7 Å². The van der Waals surface area contributed by atoms with Gasteiger partial charge in [-0.3, -0.25) is 13.9 Å². The largest absolute Gasteiger partial charge is 0.497 e. The number of anilines is 2. The number of unbranched alkanes of at least 4 members (excludes halogenated alkanes) is 1. The number of hydrogen-bond donors (Lipinski definition) is 2. The molecule has 12 heteroatoms. The molecular weight excluding hydrogens is 550 g/mol. The van der Waals surface area contributed by atoms with Gasteiger partial charge in [0.15, 0.2) is 11.5 Å². The van der Waals surface area contributed by atoms with Gasteiger partial charge in [-0.25, -0.2) is 8.42 Å². The summed E-state index contributed by atoms with van der Waals surface area (Å²) in [4.78, 5) is 26.0. The Kier molecular flexibility index (Phi) is 10.8. The Labute approximate surface area is 240 Å². The van der Waals surface area contributed by atoms with Gasteiger partial charge in [-0.2, -0.15) is 0 Å². The zero-order chi connectivity index (χ0) is 30.0. The summed E-state index contributed by atoms with van der Waals surface area (Å²) in [6, 6.07) is 15.2. The highest BCUT2D eigenvalue weighted by molar-refractivity contribution is 7.92. The van der Waals surface area contributed by atoms with Gasteiger partial charge in [-0.05, 0) is 42.8 Å². The van der Waals surface area contributed by atoms with E-state index in [1.807, 2.05) is 6.92 Å². The number of sulfonamides is 1. The summed E-state index contributed by atoms with van der Waals surface area (Å²) in [5.74, 6) is 0.0367. The molecule has 0 radical (unpaired) electrons. The second-order valence-corrected chi connectivity index (χ2v) is 10.6. The third kappa shape index (κ3) is 7.40. The molecule has 0 aromatic heterocycles. The van der Waals surface area contributed by atoms with E-state index in [0.717, 1.165) is 17.1 Å². The van der Waals surface area contributed by atoms with Crippen molar-refractivity contribution in [2.45, 2.75) is 24.7 Å². The molecule has 3 aromatic carbocycles. The minimum absolute atomic E-state index is 0.0716. The smallest absolute Gasteiger partial charge is 0.265 e. The van der Waals surface area contributed by atoms with Crippen LogP contribution < -0.4 is 33.9 Å². The first-order valence-corrected chi connectivity index (χ1v) is 14.3. The Bertz CT molecular complexity index is 1480. The lowest BCUT2D eigenvalue weighted by Crippen LogP contribution is -2.38. The molecule has 11 nitrogen and oxygen atoms in total. The Morgan fingerprint density at radius 3 is 2.17 bits per heavy atom. The average Bonchev–Trinajstić information content (AvgIpc) is 2.99. The summed E-state index contributed by atoms with van der Waals surface area (Å²) in [5.41, 5.74) is 0.570. The van der Waals surface area contributed by atoms with E-state index < -0.39 is 22.5 Å². The zero-order valence-corrected chi connectivity index (χ0v) is 24.5. The highest BCUT2D eigenvalue weighted by Crippen LogP contribution is 2.37. The highest BCUT2D eigenvalue weighted by atomic mass is 32.2. The first-order valence-electron chi connectivity index (χ1n) is 12.8. The SMILES string of the molecule is CCCCNC(=O)c1ccccc1NC(=O)CN(c1cc(OC)ccc1OC)S(=O)(=O)c1ccc(OC)c(OC)c1. The van der Waals surface area contributed by atoms with E-state index in [1.54, 1.807) is 36.4 Å². The molecule has 41 heavy (non-hydrogen) atoms. The van der Waals surface area contributed by atoms with E-state index in [2.05, 4.69) is 10.6 Å². The number of hydrogen-bond acceptors (Lipinski definition) is 8. The van der Waals surface area contributed by atoms with Crippen LogP contribution in [0.3, 0.4) is 0 Å². The fraction of sp³-hybridized carbons (Fsp3) is 0.310. The quantitative estimate of drug-likeness (QED) is 0.271. The Morgan fingerprint density at radius 1 is 0.829 bits per heavy atom. The average molecular weight is 586 g/mol. The minimum Gasteiger partial charge on any atom is -0.497 e. The molecule has 0 saturated carbocycles. The topological polar surface area (TPSA) is 132 Å². The Morgan fingerprint density at radius 2 is 1.51 bits per heavy atom. The molecule has 0 atom stereocenters. The molecule has 3 aromatic rings. The maximum absolute atomic E-state index is 14.1. The molecule has 0 unspecified atom stereocenters. The molecule has 0 spiro atoms. The maximum Gasteiger partial charge on any atom is 0.265 e. The number of rotatable bonds is 14. The summed E-state index contributed by atoms with van der Waals surface area (Å²) in [5, 5.41) is 5.51. The number of carbonyl (C=O) groups excluding carboxylic acids is 2. The summed E-state index contributed by atoms with van der Waals surface area (Å²) < 4.78 is 50.3. The summed E-state index contributed by atoms with van der Waals surface area (Å²) in [7, 11) is 1.28. The minimum atomic E-state index is -4.38. The van der Waals surface area contributed by atoms with Crippen molar-refractivity contribution in [3.63, 3.8) is 0 Å². The van der Waals surface area contributed by atoms with E-state index in [0.29, 0.717) is 18.0 Å². The molecule has 2 N–H and O–H groups in total. The van der Waals surface area contributed by atoms with Crippen LogP contribution in [0.15, 0.2) is 65.6 Å². The molecule has 0 heterocycles. The number of amides is 2. The maximum atomic E-state index is 14.1. The lowest BCUT2D eigenvalue weighted by molar-refractivity contribution is -0.114. The van der Waals surface area contributed by atoms with Gasteiger partial charge in [0.05, 0.1) is 50.3 Å². The molecule has 220 valence electrons. The van der Waals surface area contributed by atoms with Crippen molar-refractivity contribution in [3.05, 3.63) is 66.2 Å². The Hall–Kier alpha value is -4.45. The second kappa shape index (κ2) is 14.3. The van der Waals surface area contributed by atoms with Crippen LogP contribution in [0.25, 0.3) is 0 Å². The number of nitrogens with one attached hydrogen (secondary N) is 2. The number of ether oxygens (including phenoxy) is 4. The monoisotopic (exact) mass is 585 g/mol. The van der Waals surface area contributed by atoms with Crippen LogP contribution in [0.1, 0.15) is 30.1 Å². The van der Waals surface area contributed by atoms with Crippen molar-refractivity contribution in [2.24, 2.45) is 0 Å². The van der Waals surface area contributed by atoms with Gasteiger partial charge in [0.1, 0.15) is 18.0 Å². The van der Waals surface area contributed by atoms with Crippen molar-refractivity contribution in [1.82, 2.24) is 5.32 Å². The fourth-order valence-corrected chi connectivity index (χ4v) is 5.42. The Balaban J connectivity index is 2.04. The molecule has 3 rings (SSSR count).